The molecule has 2 aromatic heterocycles. The quantitative estimate of drug-likeness (QED) is 0.869. The summed E-state index contributed by atoms with van der Waals surface area (Å²) in [5.41, 5.74) is 1.03. The molecule has 1 N–H and O–H groups in total. The fourth-order valence-corrected chi connectivity index (χ4v) is 3.04. The van der Waals surface area contributed by atoms with Crippen LogP contribution in [0.3, 0.4) is 0 Å². The SMILES string of the molecule is Oc1ccc2c(Br)nc(C3CCCC3)n2c1. The van der Waals surface area contributed by atoms with Crippen molar-refractivity contribution in [2.24, 2.45) is 0 Å². The number of hydrogen-bond donors (Lipinski definition) is 1. The average molecular weight is 281 g/mol. The van der Waals surface area contributed by atoms with Gasteiger partial charge in [-0.3, -0.25) is 4.40 Å². The van der Waals surface area contributed by atoms with Crippen molar-refractivity contribution in [3.8, 4) is 5.75 Å². The molecule has 1 aliphatic carbocycles. The summed E-state index contributed by atoms with van der Waals surface area (Å²) in [6, 6.07) is 3.59. The highest BCUT2D eigenvalue weighted by Gasteiger charge is 2.22. The third-order valence-corrected chi connectivity index (χ3v) is 3.91. The molecule has 0 spiro atoms. The number of nitrogens with zero attached hydrogens (tertiary/aromatic N) is 2. The molecule has 3 rings (SSSR count). The Morgan fingerprint density at radius 1 is 1.31 bits per heavy atom. The number of aromatic hydroxyl groups is 1. The summed E-state index contributed by atoms with van der Waals surface area (Å²) in [6.07, 6.45) is 6.75. The van der Waals surface area contributed by atoms with Gasteiger partial charge in [0.05, 0.1) is 11.7 Å². The van der Waals surface area contributed by atoms with Crippen molar-refractivity contribution in [3.63, 3.8) is 0 Å². The van der Waals surface area contributed by atoms with Crippen molar-refractivity contribution in [1.82, 2.24) is 9.38 Å². The van der Waals surface area contributed by atoms with Crippen LogP contribution in [-0.2, 0) is 0 Å². The molecule has 2 aromatic rings. The highest BCUT2D eigenvalue weighted by molar-refractivity contribution is 9.10. The molecule has 1 aliphatic rings. The third-order valence-electron chi connectivity index (χ3n) is 3.32. The van der Waals surface area contributed by atoms with Gasteiger partial charge in [-0.15, -0.1) is 0 Å². The van der Waals surface area contributed by atoms with Crippen LogP contribution >= 0.6 is 15.9 Å². The highest BCUT2D eigenvalue weighted by atomic mass is 79.9. The van der Waals surface area contributed by atoms with Crippen LogP contribution in [0.25, 0.3) is 5.52 Å². The Balaban J connectivity index is 2.19. The van der Waals surface area contributed by atoms with Crippen molar-refractivity contribution >= 4 is 21.4 Å². The highest BCUT2D eigenvalue weighted by Crippen LogP contribution is 2.35. The Morgan fingerprint density at radius 3 is 2.81 bits per heavy atom. The van der Waals surface area contributed by atoms with Crippen LogP contribution in [0.4, 0.5) is 0 Å². The molecule has 0 atom stereocenters. The minimum absolute atomic E-state index is 0.289. The van der Waals surface area contributed by atoms with Gasteiger partial charge in [-0.25, -0.2) is 4.98 Å². The molecule has 4 heteroatoms. The molecule has 2 heterocycles. The van der Waals surface area contributed by atoms with Gasteiger partial charge in [0.2, 0.25) is 0 Å². The number of halogens is 1. The Labute approximate surface area is 102 Å². The molecular weight excluding hydrogens is 268 g/mol. The molecule has 0 radical (unpaired) electrons. The minimum atomic E-state index is 0.289. The van der Waals surface area contributed by atoms with Gasteiger partial charge < -0.3 is 5.11 Å². The van der Waals surface area contributed by atoms with Crippen LogP contribution in [0.1, 0.15) is 37.4 Å². The first kappa shape index (κ1) is 10.1. The van der Waals surface area contributed by atoms with Crippen molar-refractivity contribution < 1.29 is 5.11 Å². The molecule has 3 nitrogen and oxygen atoms in total. The molecule has 0 saturated heterocycles. The second-order valence-electron chi connectivity index (χ2n) is 4.38. The Morgan fingerprint density at radius 2 is 2.06 bits per heavy atom. The maximum atomic E-state index is 9.54. The number of hydrogen-bond acceptors (Lipinski definition) is 2. The molecule has 16 heavy (non-hydrogen) atoms. The zero-order valence-electron chi connectivity index (χ0n) is 8.86. The van der Waals surface area contributed by atoms with E-state index in [0.29, 0.717) is 5.92 Å². The van der Waals surface area contributed by atoms with Crippen LogP contribution in [0.2, 0.25) is 0 Å². The monoisotopic (exact) mass is 280 g/mol. The van der Waals surface area contributed by atoms with Gasteiger partial charge in [-0.2, -0.15) is 0 Å². The van der Waals surface area contributed by atoms with Gasteiger partial charge in [0.1, 0.15) is 16.2 Å². The molecule has 0 unspecified atom stereocenters. The van der Waals surface area contributed by atoms with E-state index in [1.54, 1.807) is 12.3 Å². The Bertz CT molecular complexity index is 529. The lowest BCUT2D eigenvalue weighted by molar-refractivity contribution is 0.471. The topological polar surface area (TPSA) is 37.5 Å². The van der Waals surface area contributed by atoms with Crippen molar-refractivity contribution in [3.05, 3.63) is 28.8 Å². The maximum Gasteiger partial charge on any atom is 0.132 e. The molecule has 0 aliphatic heterocycles. The Kier molecular flexibility index (Phi) is 2.39. The first-order valence-electron chi connectivity index (χ1n) is 5.62. The maximum absolute atomic E-state index is 9.54. The van der Waals surface area contributed by atoms with Crippen molar-refractivity contribution in [2.45, 2.75) is 31.6 Å². The second-order valence-corrected chi connectivity index (χ2v) is 5.14. The van der Waals surface area contributed by atoms with Gasteiger partial charge in [0.15, 0.2) is 0 Å². The lowest BCUT2D eigenvalue weighted by Gasteiger charge is -2.07. The van der Waals surface area contributed by atoms with Gasteiger partial charge in [0, 0.05) is 5.92 Å². The lowest BCUT2D eigenvalue weighted by atomic mass is 10.1. The largest absolute Gasteiger partial charge is 0.506 e. The number of aromatic nitrogens is 2. The number of imidazole rings is 1. The van der Waals surface area contributed by atoms with Crippen LogP contribution in [-0.4, -0.2) is 14.5 Å². The van der Waals surface area contributed by atoms with Crippen LogP contribution in [0.15, 0.2) is 22.9 Å². The van der Waals surface area contributed by atoms with E-state index in [2.05, 4.69) is 20.9 Å². The fraction of sp³-hybridized carbons (Fsp3) is 0.417. The van der Waals surface area contributed by atoms with Crippen LogP contribution < -0.4 is 0 Å². The van der Waals surface area contributed by atoms with Gasteiger partial charge in [-0.1, -0.05) is 12.8 Å². The van der Waals surface area contributed by atoms with Gasteiger partial charge >= 0.3 is 0 Å². The van der Waals surface area contributed by atoms with Crippen LogP contribution in [0, 0.1) is 0 Å². The van der Waals surface area contributed by atoms with Crippen molar-refractivity contribution in [2.75, 3.05) is 0 Å². The van der Waals surface area contributed by atoms with E-state index < -0.39 is 0 Å². The number of fused-ring (bicyclic) bond motifs is 1. The lowest BCUT2D eigenvalue weighted by Crippen LogP contribution is -1.99. The van der Waals surface area contributed by atoms with E-state index in [4.69, 9.17) is 0 Å². The molecular formula is C12H13BrN2O. The zero-order chi connectivity index (χ0) is 11.1. The first-order valence-corrected chi connectivity index (χ1v) is 6.41. The number of pyridine rings is 1. The minimum Gasteiger partial charge on any atom is -0.506 e. The standard InChI is InChI=1S/C12H13BrN2O/c13-11-10-6-5-9(16)7-15(10)12(14-11)8-3-1-2-4-8/h5-8,16H,1-4H2. The molecule has 1 saturated carbocycles. The molecule has 0 aromatic carbocycles. The predicted octanol–water partition coefficient (Wildman–Crippen LogP) is 3.46. The van der Waals surface area contributed by atoms with E-state index in [9.17, 15) is 5.11 Å². The predicted molar refractivity (Wildman–Crippen MR) is 65.8 cm³/mol. The van der Waals surface area contributed by atoms with E-state index >= 15 is 0 Å². The molecule has 0 amide bonds. The fourth-order valence-electron chi connectivity index (χ4n) is 2.53. The number of rotatable bonds is 1. The second kappa shape index (κ2) is 3.77. The first-order chi connectivity index (χ1) is 7.75. The van der Waals surface area contributed by atoms with E-state index in [-0.39, 0.29) is 5.75 Å². The summed E-state index contributed by atoms with van der Waals surface area (Å²) in [6.45, 7) is 0. The summed E-state index contributed by atoms with van der Waals surface area (Å²) >= 11 is 3.48. The Hall–Kier alpha value is -1.03. The van der Waals surface area contributed by atoms with E-state index in [0.717, 1.165) is 15.9 Å². The summed E-state index contributed by atoms with van der Waals surface area (Å²) < 4.78 is 2.88. The average Bonchev–Trinajstić information content (AvgIpc) is 2.86. The summed E-state index contributed by atoms with van der Waals surface area (Å²) in [7, 11) is 0. The van der Waals surface area contributed by atoms with Gasteiger partial charge in [-0.05, 0) is 40.9 Å². The summed E-state index contributed by atoms with van der Waals surface area (Å²) in [5.74, 6) is 1.91. The smallest absolute Gasteiger partial charge is 0.132 e. The molecule has 1 fully saturated rings. The molecule has 0 bridgehead atoms. The summed E-state index contributed by atoms with van der Waals surface area (Å²) in [4.78, 5) is 4.58. The van der Waals surface area contributed by atoms with E-state index in [1.165, 1.54) is 25.7 Å². The van der Waals surface area contributed by atoms with Crippen LogP contribution in [0.5, 0.6) is 5.75 Å². The zero-order valence-corrected chi connectivity index (χ0v) is 10.4. The summed E-state index contributed by atoms with van der Waals surface area (Å²) in [5, 5.41) is 9.54. The molecule has 84 valence electrons. The third kappa shape index (κ3) is 1.52. The normalized spacial score (nSPS) is 17.3. The van der Waals surface area contributed by atoms with Gasteiger partial charge in [0.25, 0.3) is 0 Å². The van der Waals surface area contributed by atoms with Crippen molar-refractivity contribution in [1.29, 1.82) is 0 Å². The van der Waals surface area contributed by atoms with E-state index in [1.807, 2.05) is 10.5 Å².